The van der Waals surface area contributed by atoms with E-state index in [1.54, 1.807) is 66.9 Å². The Bertz CT molecular complexity index is 1950. The highest BCUT2D eigenvalue weighted by Gasteiger charge is 2.36. The van der Waals surface area contributed by atoms with Gasteiger partial charge in [-0.2, -0.15) is 0 Å². The third kappa shape index (κ3) is 6.98. The number of likely N-dealkylation sites (tertiary alicyclic amines) is 2. The first kappa shape index (κ1) is 33.3. The monoisotopic (exact) mass is 689 g/mol. The van der Waals surface area contributed by atoms with Gasteiger partial charge in [-0.1, -0.05) is 24.3 Å². The van der Waals surface area contributed by atoms with Crippen LogP contribution in [0.15, 0.2) is 108 Å². The van der Waals surface area contributed by atoms with E-state index < -0.39 is 35.5 Å². The van der Waals surface area contributed by atoms with Crippen LogP contribution in [0.4, 0.5) is 20.2 Å². The van der Waals surface area contributed by atoms with E-state index in [0.717, 1.165) is 5.56 Å². The third-order valence-corrected chi connectivity index (χ3v) is 9.18. The van der Waals surface area contributed by atoms with E-state index in [0.29, 0.717) is 67.4 Å². The summed E-state index contributed by atoms with van der Waals surface area (Å²) in [5.41, 5.74) is 2.34. The van der Waals surface area contributed by atoms with E-state index in [1.807, 2.05) is 0 Å². The van der Waals surface area contributed by atoms with E-state index in [1.165, 1.54) is 46.2 Å². The molecule has 0 radical (unpaired) electrons. The Labute approximate surface area is 292 Å². The normalized spacial score (nSPS) is 17.0. The van der Waals surface area contributed by atoms with Crippen molar-refractivity contribution in [3.8, 4) is 22.8 Å². The molecule has 2 atom stereocenters. The SMILES string of the molecule is O=C(Nc1ccc(-c2cnc(-c3ccc(NC(=O)[C@@H]4CCCN4C(=O)c4ccccc4F)cc3)o2)cc1)[C@@H]1CCCN1C(=O)c1ccccc1F. The number of rotatable bonds is 8. The Morgan fingerprint density at radius 3 is 1.55 bits per heavy atom. The maximum atomic E-state index is 14.2. The molecule has 0 unspecified atom stereocenters. The fourth-order valence-electron chi connectivity index (χ4n) is 6.55. The zero-order valence-corrected chi connectivity index (χ0v) is 27.4. The van der Waals surface area contributed by atoms with Gasteiger partial charge in [-0.25, -0.2) is 13.8 Å². The summed E-state index contributed by atoms with van der Waals surface area (Å²) in [5, 5.41) is 5.72. The molecule has 7 rings (SSSR count). The molecule has 3 heterocycles. The zero-order chi connectivity index (χ0) is 35.5. The van der Waals surface area contributed by atoms with Crippen molar-refractivity contribution < 1.29 is 32.4 Å². The summed E-state index contributed by atoms with van der Waals surface area (Å²) < 4.78 is 34.5. The van der Waals surface area contributed by atoms with Crippen LogP contribution in [0.5, 0.6) is 0 Å². The van der Waals surface area contributed by atoms with E-state index in [2.05, 4.69) is 15.6 Å². The molecule has 2 N–H and O–H groups in total. The van der Waals surface area contributed by atoms with Crippen LogP contribution in [0.25, 0.3) is 22.8 Å². The molecular weight excluding hydrogens is 656 g/mol. The van der Waals surface area contributed by atoms with Gasteiger partial charge in [-0.15, -0.1) is 0 Å². The largest absolute Gasteiger partial charge is 0.436 e. The molecule has 0 saturated carbocycles. The number of benzene rings is 4. The van der Waals surface area contributed by atoms with Crippen LogP contribution >= 0.6 is 0 Å². The molecule has 0 bridgehead atoms. The summed E-state index contributed by atoms with van der Waals surface area (Å²) in [4.78, 5) is 59.5. The highest BCUT2D eigenvalue weighted by molar-refractivity contribution is 6.02. The lowest BCUT2D eigenvalue weighted by Gasteiger charge is -2.24. The van der Waals surface area contributed by atoms with E-state index in [9.17, 15) is 28.0 Å². The average molecular weight is 690 g/mol. The summed E-state index contributed by atoms with van der Waals surface area (Å²) in [6.07, 6.45) is 3.83. The second kappa shape index (κ2) is 14.4. The number of anilines is 2. The first-order valence-corrected chi connectivity index (χ1v) is 16.7. The Kier molecular flexibility index (Phi) is 9.38. The Hall–Kier alpha value is -6.17. The number of carbonyl (C=O) groups is 4. The summed E-state index contributed by atoms with van der Waals surface area (Å²) in [5.74, 6) is -2.09. The van der Waals surface area contributed by atoms with Crippen molar-refractivity contribution in [2.24, 2.45) is 0 Å². The molecule has 5 aromatic rings. The summed E-state index contributed by atoms with van der Waals surface area (Å²) in [6, 6.07) is 24.0. The maximum Gasteiger partial charge on any atom is 0.257 e. The fraction of sp³-hybridized carbons (Fsp3) is 0.205. The summed E-state index contributed by atoms with van der Waals surface area (Å²) in [6.45, 7) is 0.739. The predicted molar refractivity (Wildman–Crippen MR) is 186 cm³/mol. The second-order valence-electron chi connectivity index (χ2n) is 12.4. The molecule has 258 valence electrons. The second-order valence-corrected chi connectivity index (χ2v) is 12.4. The molecule has 4 aromatic carbocycles. The minimum Gasteiger partial charge on any atom is -0.436 e. The number of carbonyl (C=O) groups excluding carboxylic acids is 4. The first-order valence-electron chi connectivity index (χ1n) is 16.7. The summed E-state index contributed by atoms with van der Waals surface area (Å²) >= 11 is 0. The third-order valence-electron chi connectivity index (χ3n) is 9.18. The number of halogens is 2. The van der Waals surface area contributed by atoms with Crippen LogP contribution in [-0.2, 0) is 9.59 Å². The Balaban J connectivity index is 0.955. The molecule has 2 aliphatic heterocycles. The number of hydrogen-bond acceptors (Lipinski definition) is 6. The van der Waals surface area contributed by atoms with Gasteiger partial charge in [0.15, 0.2) is 5.76 Å². The van der Waals surface area contributed by atoms with Gasteiger partial charge in [0.1, 0.15) is 23.7 Å². The predicted octanol–water partition coefficient (Wildman–Crippen LogP) is 6.77. The molecule has 0 spiro atoms. The highest BCUT2D eigenvalue weighted by Crippen LogP contribution is 2.29. The molecule has 12 heteroatoms. The van der Waals surface area contributed by atoms with Gasteiger partial charge in [-0.05, 0) is 98.5 Å². The number of nitrogens with zero attached hydrogens (tertiary/aromatic N) is 3. The van der Waals surface area contributed by atoms with Gasteiger partial charge in [0.2, 0.25) is 17.7 Å². The van der Waals surface area contributed by atoms with Crippen molar-refractivity contribution in [2.75, 3.05) is 23.7 Å². The quantitative estimate of drug-likeness (QED) is 0.185. The zero-order valence-electron chi connectivity index (χ0n) is 27.4. The smallest absolute Gasteiger partial charge is 0.257 e. The maximum absolute atomic E-state index is 14.2. The van der Waals surface area contributed by atoms with Crippen LogP contribution in [0, 0.1) is 11.6 Å². The minimum absolute atomic E-state index is 0.0559. The number of aromatic nitrogens is 1. The molecule has 4 amide bonds. The minimum atomic E-state index is -0.710. The standard InChI is InChI=1S/C39H33F2N5O5/c40-30-9-3-1-7-28(30)38(49)45-21-5-11-32(45)35(47)43-26-17-13-24(14-18-26)34-23-42-37(51-34)25-15-19-27(20-16-25)44-36(48)33-12-6-22-46(33)39(50)29-8-2-4-10-31(29)41/h1-4,7-10,13-20,23,32-33H,5-6,11-12,21-22H2,(H,43,47)(H,44,48)/t32-,33-/m0/s1. The molecule has 2 fully saturated rings. The number of amides is 4. The lowest BCUT2D eigenvalue weighted by Crippen LogP contribution is -2.43. The lowest BCUT2D eigenvalue weighted by molar-refractivity contribution is -0.120. The lowest BCUT2D eigenvalue weighted by atomic mass is 10.1. The van der Waals surface area contributed by atoms with Gasteiger partial charge in [0.25, 0.3) is 11.8 Å². The van der Waals surface area contributed by atoms with Crippen LogP contribution in [-0.4, -0.2) is 63.6 Å². The van der Waals surface area contributed by atoms with Gasteiger partial charge >= 0.3 is 0 Å². The van der Waals surface area contributed by atoms with Gasteiger partial charge in [-0.3, -0.25) is 19.2 Å². The molecule has 10 nitrogen and oxygen atoms in total. The number of oxazole rings is 1. The first-order chi connectivity index (χ1) is 24.8. The van der Waals surface area contributed by atoms with Crippen molar-refractivity contribution >= 4 is 35.0 Å². The summed E-state index contributed by atoms with van der Waals surface area (Å²) in [7, 11) is 0. The Morgan fingerprint density at radius 1 is 0.627 bits per heavy atom. The van der Waals surface area contributed by atoms with Crippen LogP contribution in [0.2, 0.25) is 0 Å². The topological polar surface area (TPSA) is 125 Å². The molecular formula is C39H33F2N5O5. The number of nitrogens with one attached hydrogen (secondary N) is 2. The van der Waals surface area contributed by atoms with Crippen molar-refractivity contribution in [2.45, 2.75) is 37.8 Å². The highest BCUT2D eigenvalue weighted by atomic mass is 19.1. The Morgan fingerprint density at radius 2 is 1.08 bits per heavy atom. The van der Waals surface area contributed by atoms with Gasteiger partial charge in [0, 0.05) is 35.6 Å². The van der Waals surface area contributed by atoms with Crippen molar-refractivity contribution in [3.63, 3.8) is 0 Å². The molecule has 0 aliphatic carbocycles. The van der Waals surface area contributed by atoms with Crippen LogP contribution in [0.3, 0.4) is 0 Å². The van der Waals surface area contributed by atoms with Crippen molar-refractivity contribution in [1.29, 1.82) is 0 Å². The average Bonchev–Trinajstić information content (AvgIpc) is 3.94. The number of hydrogen-bond donors (Lipinski definition) is 2. The van der Waals surface area contributed by atoms with Crippen molar-refractivity contribution in [1.82, 2.24) is 14.8 Å². The van der Waals surface area contributed by atoms with Gasteiger partial charge in [0.05, 0.1) is 17.3 Å². The fourth-order valence-corrected chi connectivity index (χ4v) is 6.55. The van der Waals surface area contributed by atoms with Crippen LogP contribution < -0.4 is 10.6 Å². The van der Waals surface area contributed by atoms with E-state index in [-0.39, 0.29) is 22.9 Å². The molecule has 2 aliphatic rings. The van der Waals surface area contributed by atoms with E-state index >= 15 is 0 Å². The van der Waals surface area contributed by atoms with Gasteiger partial charge < -0.3 is 24.9 Å². The van der Waals surface area contributed by atoms with Crippen LogP contribution in [0.1, 0.15) is 46.4 Å². The van der Waals surface area contributed by atoms with Crippen molar-refractivity contribution in [3.05, 3.63) is 126 Å². The van der Waals surface area contributed by atoms with E-state index in [4.69, 9.17) is 4.42 Å². The molecule has 2 saturated heterocycles. The molecule has 51 heavy (non-hydrogen) atoms. The molecule has 1 aromatic heterocycles.